The van der Waals surface area contributed by atoms with Gasteiger partial charge in [0.15, 0.2) is 11.5 Å². The van der Waals surface area contributed by atoms with Crippen molar-refractivity contribution in [2.45, 2.75) is 11.4 Å². The normalized spacial score (nSPS) is 14.5. The minimum atomic E-state index is -3.91. The zero-order valence-corrected chi connectivity index (χ0v) is 17.6. The van der Waals surface area contributed by atoms with E-state index in [4.69, 9.17) is 21.1 Å². The summed E-state index contributed by atoms with van der Waals surface area (Å²) in [5.74, 6) is 0.344. The second-order valence-electron chi connectivity index (χ2n) is 6.67. The van der Waals surface area contributed by atoms with Gasteiger partial charge in [0, 0.05) is 30.4 Å². The van der Waals surface area contributed by atoms with Gasteiger partial charge >= 0.3 is 0 Å². The van der Waals surface area contributed by atoms with Crippen molar-refractivity contribution in [3.05, 3.63) is 71.1 Å². The van der Waals surface area contributed by atoms with Crippen LogP contribution in [-0.4, -0.2) is 38.0 Å². The van der Waals surface area contributed by atoms with Crippen LogP contribution in [0.15, 0.2) is 59.6 Å². The molecule has 0 saturated carbocycles. The Balaban J connectivity index is 1.76. The quantitative estimate of drug-likeness (QED) is 0.600. The SMILES string of the molecule is COc1cc(-c2ccc(Cl)cn2)cc2c1OCCN(S(=O)(=O)c1cccc(F)c1)C2. The highest BCUT2D eigenvalue weighted by Gasteiger charge is 2.29. The van der Waals surface area contributed by atoms with Gasteiger partial charge in [-0.3, -0.25) is 4.98 Å². The Hall–Kier alpha value is -2.68. The maximum absolute atomic E-state index is 13.6. The standard InChI is InChI=1S/C21H18ClFN2O4S/c1-28-20-10-14(19-6-5-16(22)12-24-19)9-15-13-25(7-8-29-21(15)20)30(26,27)18-4-2-3-17(23)11-18/h2-6,9-12H,7-8,13H2,1H3. The number of hydrogen-bond acceptors (Lipinski definition) is 5. The predicted octanol–water partition coefficient (Wildman–Crippen LogP) is 4.13. The first kappa shape index (κ1) is 20.6. The molecule has 2 heterocycles. The zero-order chi connectivity index (χ0) is 21.3. The number of aromatic nitrogens is 1. The summed E-state index contributed by atoms with van der Waals surface area (Å²) in [6.07, 6.45) is 1.53. The number of fused-ring (bicyclic) bond motifs is 1. The minimum absolute atomic E-state index is 0.0476. The van der Waals surface area contributed by atoms with Crippen molar-refractivity contribution < 1.29 is 22.3 Å². The Bertz CT molecular complexity index is 1190. The highest BCUT2D eigenvalue weighted by atomic mass is 35.5. The number of rotatable bonds is 4. The van der Waals surface area contributed by atoms with Crippen molar-refractivity contribution in [2.24, 2.45) is 0 Å². The first-order valence-electron chi connectivity index (χ1n) is 9.10. The molecule has 30 heavy (non-hydrogen) atoms. The van der Waals surface area contributed by atoms with E-state index < -0.39 is 15.8 Å². The van der Waals surface area contributed by atoms with Gasteiger partial charge in [0.2, 0.25) is 10.0 Å². The summed E-state index contributed by atoms with van der Waals surface area (Å²) in [5.41, 5.74) is 2.01. The van der Waals surface area contributed by atoms with Crippen molar-refractivity contribution in [3.8, 4) is 22.8 Å². The molecule has 4 rings (SSSR count). The fraction of sp³-hybridized carbons (Fsp3) is 0.190. The first-order valence-corrected chi connectivity index (χ1v) is 10.9. The number of ether oxygens (including phenoxy) is 2. The van der Waals surface area contributed by atoms with E-state index in [-0.39, 0.29) is 24.6 Å². The molecule has 9 heteroatoms. The molecule has 0 saturated heterocycles. The average Bonchev–Trinajstić information content (AvgIpc) is 2.96. The van der Waals surface area contributed by atoms with Crippen LogP contribution in [0, 0.1) is 5.82 Å². The van der Waals surface area contributed by atoms with Crippen LogP contribution in [-0.2, 0) is 16.6 Å². The van der Waals surface area contributed by atoms with Gasteiger partial charge in [-0.15, -0.1) is 0 Å². The third-order valence-corrected chi connectivity index (χ3v) is 6.81. The average molecular weight is 449 g/mol. The summed E-state index contributed by atoms with van der Waals surface area (Å²) in [7, 11) is -2.40. The van der Waals surface area contributed by atoms with Gasteiger partial charge in [-0.2, -0.15) is 4.31 Å². The van der Waals surface area contributed by atoms with Crippen molar-refractivity contribution in [2.75, 3.05) is 20.3 Å². The van der Waals surface area contributed by atoms with E-state index in [1.807, 2.05) is 6.07 Å². The van der Waals surface area contributed by atoms with E-state index in [1.54, 1.807) is 18.2 Å². The molecule has 0 spiro atoms. The van der Waals surface area contributed by atoms with Crippen molar-refractivity contribution in [1.82, 2.24) is 9.29 Å². The maximum atomic E-state index is 13.6. The Labute approximate surface area is 178 Å². The van der Waals surface area contributed by atoms with Crippen LogP contribution in [0.5, 0.6) is 11.5 Å². The molecule has 1 aromatic heterocycles. The Morgan fingerprint density at radius 2 is 2.03 bits per heavy atom. The molecular weight excluding hydrogens is 431 g/mol. The fourth-order valence-electron chi connectivity index (χ4n) is 3.29. The molecule has 0 bridgehead atoms. The molecule has 1 aliphatic heterocycles. The summed E-state index contributed by atoms with van der Waals surface area (Å²) in [5, 5.41) is 0.510. The molecule has 0 unspecified atom stereocenters. The lowest BCUT2D eigenvalue weighted by Crippen LogP contribution is -2.32. The van der Waals surface area contributed by atoms with E-state index in [0.717, 1.165) is 11.6 Å². The number of benzene rings is 2. The fourth-order valence-corrected chi connectivity index (χ4v) is 4.83. The van der Waals surface area contributed by atoms with Gasteiger partial charge in [0.05, 0.1) is 22.7 Å². The summed E-state index contributed by atoms with van der Waals surface area (Å²) in [6.45, 7) is 0.299. The topological polar surface area (TPSA) is 68.7 Å². The maximum Gasteiger partial charge on any atom is 0.243 e. The summed E-state index contributed by atoms with van der Waals surface area (Å²) in [4.78, 5) is 4.22. The third-order valence-electron chi connectivity index (χ3n) is 4.74. The van der Waals surface area contributed by atoms with E-state index >= 15 is 0 Å². The molecule has 0 aliphatic carbocycles. The zero-order valence-electron chi connectivity index (χ0n) is 16.0. The lowest BCUT2D eigenvalue weighted by atomic mass is 10.1. The molecule has 0 radical (unpaired) electrons. The number of halogens is 2. The van der Waals surface area contributed by atoms with Gasteiger partial charge in [0.1, 0.15) is 12.4 Å². The van der Waals surface area contributed by atoms with Crippen LogP contribution in [0.4, 0.5) is 4.39 Å². The number of hydrogen-bond donors (Lipinski definition) is 0. The second-order valence-corrected chi connectivity index (χ2v) is 9.05. The third kappa shape index (κ3) is 3.98. The van der Waals surface area contributed by atoms with E-state index in [0.29, 0.717) is 27.8 Å². The predicted molar refractivity (Wildman–Crippen MR) is 111 cm³/mol. The van der Waals surface area contributed by atoms with Gasteiger partial charge in [-0.1, -0.05) is 17.7 Å². The largest absolute Gasteiger partial charge is 0.493 e. The molecule has 0 fully saturated rings. The van der Waals surface area contributed by atoms with Crippen molar-refractivity contribution in [1.29, 1.82) is 0 Å². The second kappa shape index (κ2) is 8.22. The summed E-state index contributed by atoms with van der Waals surface area (Å²) >= 11 is 5.93. The molecule has 1 aliphatic rings. The number of pyridine rings is 1. The Morgan fingerprint density at radius 1 is 1.20 bits per heavy atom. The number of nitrogens with zero attached hydrogens (tertiary/aromatic N) is 2. The molecule has 2 aromatic carbocycles. The van der Waals surface area contributed by atoms with Crippen LogP contribution in [0.2, 0.25) is 5.02 Å². The number of sulfonamides is 1. The monoisotopic (exact) mass is 448 g/mol. The highest BCUT2D eigenvalue weighted by molar-refractivity contribution is 7.89. The Kier molecular flexibility index (Phi) is 5.64. The van der Waals surface area contributed by atoms with Crippen molar-refractivity contribution in [3.63, 3.8) is 0 Å². The van der Waals surface area contributed by atoms with Crippen LogP contribution in [0.25, 0.3) is 11.3 Å². The highest BCUT2D eigenvalue weighted by Crippen LogP contribution is 2.39. The van der Waals surface area contributed by atoms with E-state index in [2.05, 4.69) is 4.98 Å². The van der Waals surface area contributed by atoms with E-state index in [9.17, 15) is 12.8 Å². The molecule has 3 aromatic rings. The molecule has 6 nitrogen and oxygen atoms in total. The van der Waals surface area contributed by atoms with Crippen LogP contribution < -0.4 is 9.47 Å². The van der Waals surface area contributed by atoms with Crippen LogP contribution in [0.3, 0.4) is 0 Å². The van der Waals surface area contributed by atoms with Crippen LogP contribution >= 0.6 is 11.6 Å². The smallest absolute Gasteiger partial charge is 0.243 e. The minimum Gasteiger partial charge on any atom is -0.493 e. The molecule has 156 valence electrons. The van der Waals surface area contributed by atoms with Gasteiger partial charge < -0.3 is 9.47 Å². The Morgan fingerprint density at radius 3 is 2.73 bits per heavy atom. The number of methoxy groups -OCH3 is 1. The van der Waals surface area contributed by atoms with Gasteiger partial charge in [-0.25, -0.2) is 12.8 Å². The van der Waals surface area contributed by atoms with Gasteiger partial charge in [0.25, 0.3) is 0 Å². The van der Waals surface area contributed by atoms with Gasteiger partial charge in [-0.05, 0) is 42.5 Å². The van der Waals surface area contributed by atoms with E-state index in [1.165, 1.54) is 35.8 Å². The molecule has 0 amide bonds. The summed E-state index contributed by atoms with van der Waals surface area (Å²) < 4.78 is 52.4. The van der Waals surface area contributed by atoms with Crippen LogP contribution in [0.1, 0.15) is 5.56 Å². The molecule has 0 N–H and O–H groups in total. The van der Waals surface area contributed by atoms with Crippen molar-refractivity contribution >= 4 is 21.6 Å². The molecular formula is C21H18ClFN2O4S. The summed E-state index contributed by atoms with van der Waals surface area (Å²) in [6, 6.07) is 12.0. The first-order chi connectivity index (χ1) is 14.4. The lowest BCUT2D eigenvalue weighted by Gasteiger charge is -2.20. The lowest BCUT2D eigenvalue weighted by molar-refractivity contribution is 0.279. The molecule has 0 atom stereocenters.